The van der Waals surface area contributed by atoms with Crippen LogP contribution in [-0.2, 0) is 12.5 Å². The van der Waals surface area contributed by atoms with Gasteiger partial charge in [0.25, 0.3) is 0 Å². The van der Waals surface area contributed by atoms with Crippen molar-refractivity contribution in [1.29, 1.82) is 5.26 Å². The van der Waals surface area contributed by atoms with Gasteiger partial charge in [0, 0.05) is 35.2 Å². The third-order valence-corrected chi connectivity index (χ3v) is 7.11. The molecule has 0 radical (unpaired) electrons. The number of halogens is 5. The molecule has 5 rings (SSSR count). The van der Waals surface area contributed by atoms with Crippen molar-refractivity contribution in [1.82, 2.24) is 9.97 Å². The molecule has 4 nitrogen and oxygen atoms in total. The number of aryl methyl sites for hydroxylation is 1. The molecule has 4 aromatic carbocycles. The Balaban J connectivity index is 1.30. The maximum Gasteiger partial charge on any atom is 0.429 e. The number of nitrogens with zero attached hydrogens (tertiary/aromatic N) is 3. The van der Waals surface area contributed by atoms with Crippen LogP contribution in [0.25, 0.3) is 33.6 Å². The highest BCUT2D eigenvalue weighted by Gasteiger charge is 2.38. The number of benzene rings is 4. The van der Waals surface area contributed by atoms with Gasteiger partial charge in [0.15, 0.2) is 5.82 Å². The fraction of sp³-hybridized carbons (Fsp3) is 0.171. The van der Waals surface area contributed by atoms with Crippen LogP contribution < -0.4 is 4.74 Å². The quantitative estimate of drug-likeness (QED) is 0.118. The van der Waals surface area contributed by atoms with Crippen LogP contribution in [0.1, 0.15) is 42.9 Å². The van der Waals surface area contributed by atoms with E-state index in [9.17, 15) is 8.78 Å². The Morgan fingerprint density at radius 2 is 1.34 bits per heavy atom. The highest BCUT2D eigenvalue weighted by atomic mass is 19.3. The van der Waals surface area contributed by atoms with E-state index in [2.05, 4.69) is 16.9 Å². The zero-order valence-electron chi connectivity index (χ0n) is 23.6. The molecule has 0 aliphatic rings. The van der Waals surface area contributed by atoms with Crippen molar-refractivity contribution in [3.05, 3.63) is 125 Å². The Morgan fingerprint density at radius 3 is 1.98 bits per heavy atom. The molecule has 1 heterocycles. The third kappa shape index (κ3) is 6.76. The first-order chi connectivity index (χ1) is 21.2. The van der Waals surface area contributed by atoms with Gasteiger partial charge in [0.2, 0.25) is 0 Å². The predicted octanol–water partition coefficient (Wildman–Crippen LogP) is 9.63. The summed E-state index contributed by atoms with van der Waals surface area (Å²) in [6.45, 7) is 2.10. The van der Waals surface area contributed by atoms with Gasteiger partial charge in [-0.05, 0) is 72.0 Å². The molecule has 0 aliphatic carbocycles. The third-order valence-electron chi connectivity index (χ3n) is 7.11. The van der Waals surface area contributed by atoms with Crippen LogP contribution in [0.3, 0.4) is 0 Å². The van der Waals surface area contributed by atoms with Gasteiger partial charge < -0.3 is 4.74 Å². The van der Waals surface area contributed by atoms with E-state index >= 15 is 13.2 Å². The van der Waals surface area contributed by atoms with Gasteiger partial charge in [-0.3, -0.25) is 0 Å². The molecular formula is C35H26F5N3O. The molecule has 9 heteroatoms. The van der Waals surface area contributed by atoms with Gasteiger partial charge in [-0.2, -0.15) is 14.0 Å². The van der Waals surface area contributed by atoms with Crippen LogP contribution >= 0.6 is 0 Å². The van der Waals surface area contributed by atoms with Crippen LogP contribution in [0.5, 0.6) is 5.75 Å². The number of ether oxygens (including phenoxy) is 1. The van der Waals surface area contributed by atoms with E-state index in [1.165, 1.54) is 24.3 Å². The highest BCUT2D eigenvalue weighted by molar-refractivity contribution is 5.72. The second-order valence-electron chi connectivity index (χ2n) is 10.2. The molecule has 5 aromatic rings. The van der Waals surface area contributed by atoms with Crippen molar-refractivity contribution >= 4 is 0 Å². The topological polar surface area (TPSA) is 58.8 Å². The molecule has 0 bridgehead atoms. The summed E-state index contributed by atoms with van der Waals surface area (Å²) in [5.74, 6) is -3.16. The van der Waals surface area contributed by atoms with E-state index in [-0.39, 0.29) is 28.1 Å². The lowest BCUT2D eigenvalue weighted by molar-refractivity contribution is -0.187. The maximum absolute atomic E-state index is 15.0. The van der Waals surface area contributed by atoms with Crippen LogP contribution in [0.4, 0.5) is 22.0 Å². The molecule has 44 heavy (non-hydrogen) atoms. The Kier molecular flexibility index (Phi) is 9.00. The van der Waals surface area contributed by atoms with Gasteiger partial charge in [-0.25, -0.2) is 23.1 Å². The second kappa shape index (κ2) is 13.0. The summed E-state index contributed by atoms with van der Waals surface area (Å²) in [5, 5.41) is 8.94. The maximum atomic E-state index is 15.0. The fourth-order valence-electron chi connectivity index (χ4n) is 4.74. The molecule has 0 spiro atoms. The molecule has 0 saturated heterocycles. The number of hydrogen-bond donors (Lipinski definition) is 0. The van der Waals surface area contributed by atoms with E-state index < -0.39 is 34.9 Å². The average molecular weight is 600 g/mol. The van der Waals surface area contributed by atoms with Crippen LogP contribution in [0.15, 0.2) is 91.3 Å². The van der Waals surface area contributed by atoms with Gasteiger partial charge in [-0.1, -0.05) is 50.1 Å². The molecule has 222 valence electrons. The molecule has 0 atom stereocenters. The Hall–Kier alpha value is -5.10. The number of alkyl halides is 2. The Bertz CT molecular complexity index is 1820. The molecule has 0 fully saturated rings. The SMILES string of the molecule is CCCCCc1cnc(-c2ccc(C(F)(F)Oc3ccc(-c4ccc(-c5ccc(C#N)cc5)c(F)c4)c(F)c3)c(F)c2)nc1. The summed E-state index contributed by atoms with van der Waals surface area (Å²) >= 11 is 0. The molecule has 0 unspecified atom stereocenters. The summed E-state index contributed by atoms with van der Waals surface area (Å²) in [5.41, 5.74) is 1.44. The number of hydrogen-bond acceptors (Lipinski definition) is 4. The second-order valence-corrected chi connectivity index (χ2v) is 10.2. The van der Waals surface area contributed by atoms with Gasteiger partial charge in [-0.15, -0.1) is 0 Å². The van der Waals surface area contributed by atoms with Gasteiger partial charge in [0.05, 0.1) is 17.2 Å². The van der Waals surface area contributed by atoms with E-state index in [4.69, 9.17) is 10.00 Å². The number of aromatic nitrogens is 2. The minimum atomic E-state index is -4.13. The van der Waals surface area contributed by atoms with E-state index in [1.807, 2.05) is 6.07 Å². The van der Waals surface area contributed by atoms with Crippen molar-refractivity contribution in [2.45, 2.75) is 38.7 Å². The molecule has 0 saturated carbocycles. The summed E-state index contributed by atoms with van der Waals surface area (Å²) in [7, 11) is 0. The van der Waals surface area contributed by atoms with Gasteiger partial charge >= 0.3 is 6.11 Å². The molecule has 0 N–H and O–H groups in total. The first-order valence-electron chi connectivity index (χ1n) is 14.0. The minimum absolute atomic E-state index is 0.0436. The number of nitriles is 1. The van der Waals surface area contributed by atoms with Crippen molar-refractivity contribution in [3.8, 4) is 45.5 Å². The lowest BCUT2D eigenvalue weighted by atomic mass is 9.98. The Labute approximate surface area is 251 Å². The largest absolute Gasteiger partial charge is 0.429 e. The van der Waals surface area contributed by atoms with Crippen molar-refractivity contribution in [2.24, 2.45) is 0 Å². The van der Waals surface area contributed by atoms with Crippen LogP contribution in [0.2, 0.25) is 0 Å². The smallest absolute Gasteiger partial charge is 0.429 e. The number of rotatable bonds is 10. The Morgan fingerprint density at radius 1 is 0.727 bits per heavy atom. The van der Waals surface area contributed by atoms with Crippen molar-refractivity contribution in [3.63, 3.8) is 0 Å². The predicted molar refractivity (Wildman–Crippen MR) is 157 cm³/mol. The molecule has 0 aliphatic heterocycles. The minimum Gasteiger partial charge on any atom is -0.429 e. The first-order valence-corrected chi connectivity index (χ1v) is 14.0. The standard InChI is InChI=1S/C35H26F5N3O/c1-2-3-4-5-23-20-42-34(43-21-23)26-11-15-30(33(38)17-26)35(39,40)44-27-12-14-29(32(37)18-27)25-10-13-28(31(36)16-25)24-8-6-22(19-41)7-9-24/h6-18,20-21H,2-5H2,1H3. The summed E-state index contributed by atoms with van der Waals surface area (Å²) in [6.07, 6.45) is 3.12. The van der Waals surface area contributed by atoms with Crippen molar-refractivity contribution in [2.75, 3.05) is 0 Å². The van der Waals surface area contributed by atoms with Crippen molar-refractivity contribution < 1.29 is 26.7 Å². The van der Waals surface area contributed by atoms with Crippen LogP contribution in [0, 0.1) is 28.8 Å². The summed E-state index contributed by atoms with van der Waals surface area (Å²) in [4.78, 5) is 8.46. The van der Waals surface area contributed by atoms with Crippen LogP contribution in [-0.4, -0.2) is 9.97 Å². The van der Waals surface area contributed by atoms with E-state index in [0.29, 0.717) is 11.1 Å². The normalized spacial score (nSPS) is 11.3. The average Bonchev–Trinajstić information content (AvgIpc) is 3.01. The zero-order chi connectivity index (χ0) is 31.3. The molecular weight excluding hydrogens is 573 g/mol. The zero-order valence-corrected chi connectivity index (χ0v) is 23.6. The van der Waals surface area contributed by atoms with Gasteiger partial charge in [0.1, 0.15) is 23.2 Å². The monoisotopic (exact) mass is 599 g/mol. The molecule has 0 amide bonds. The first kappa shape index (κ1) is 30.4. The lowest BCUT2D eigenvalue weighted by Crippen LogP contribution is -2.23. The highest BCUT2D eigenvalue weighted by Crippen LogP contribution is 2.37. The lowest BCUT2D eigenvalue weighted by Gasteiger charge is -2.19. The summed E-state index contributed by atoms with van der Waals surface area (Å²) in [6, 6.07) is 18.4. The fourth-order valence-corrected chi connectivity index (χ4v) is 4.74. The number of unbranched alkanes of at least 4 members (excludes halogenated alkanes) is 2. The molecule has 1 aromatic heterocycles. The van der Waals surface area contributed by atoms with E-state index in [0.717, 1.165) is 61.6 Å². The van der Waals surface area contributed by atoms with E-state index in [1.54, 1.807) is 36.7 Å². The summed E-state index contributed by atoms with van der Waals surface area (Å²) < 4.78 is 79.6.